The van der Waals surface area contributed by atoms with Crippen LogP contribution in [0.1, 0.15) is 81.1 Å². The second-order valence-corrected chi connectivity index (χ2v) is 8.08. The molecular weight excluding hydrogens is 507 g/mol. The molecule has 202 valence electrons. The second-order valence-electron chi connectivity index (χ2n) is 6.93. The van der Waals surface area contributed by atoms with Crippen molar-refractivity contribution in [2.75, 3.05) is 13.2 Å². The van der Waals surface area contributed by atoms with Crippen molar-refractivity contribution in [1.82, 2.24) is 6.15 Å². The molecule has 0 rings (SSSR count). The van der Waals surface area contributed by atoms with Crippen molar-refractivity contribution >= 4 is 19.8 Å². The fraction of sp³-hybridized carbons (Fsp3) is 0.583. The number of phosphoric acid groups is 1. The summed E-state index contributed by atoms with van der Waals surface area (Å²) >= 11 is 0. The van der Waals surface area contributed by atoms with E-state index in [2.05, 4.69) is 41.0 Å². The predicted molar refractivity (Wildman–Crippen MR) is 138 cm³/mol. The maximum absolute atomic E-state index is 12.0. The summed E-state index contributed by atoms with van der Waals surface area (Å²) in [5.41, 5.74) is 0. The van der Waals surface area contributed by atoms with Crippen LogP contribution in [-0.4, -0.2) is 31.3 Å². The van der Waals surface area contributed by atoms with Gasteiger partial charge in [-0.05, 0) is 41.9 Å². The number of terminal acetylenes is 1. The van der Waals surface area contributed by atoms with Crippen LogP contribution in [0.25, 0.3) is 0 Å². The first-order valence-corrected chi connectivity index (χ1v) is 12.2. The van der Waals surface area contributed by atoms with Crippen molar-refractivity contribution in [3.05, 3.63) is 0 Å². The first-order chi connectivity index (χ1) is 15.8. The summed E-state index contributed by atoms with van der Waals surface area (Å²) in [7, 11) is -5.29. The first kappa shape index (κ1) is 42.3. The van der Waals surface area contributed by atoms with Crippen LogP contribution in [0.4, 0.5) is 0 Å². The quantitative estimate of drug-likeness (QED) is 0.0556. The Hall–Kier alpha value is -0.750. The fourth-order valence-electron chi connectivity index (χ4n) is 2.53. The monoisotopic (exact) mass is 553 g/mol. The van der Waals surface area contributed by atoms with Gasteiger partial charge in [-0.1, -0.05) is 58.3 Å². The van der Waals surface area contributed by atoms with Gasteiger partial charge >= 0.3 is 71.1 Å². The molecule has 3 N–H and O–H groups in total. The van der Waals surface area contributed by atoms with Crippen molar-refractivity contribution in [2.24, 2.45) is 0 Å². The largest absolute Gasteiger partial charge is 1.00 e. The number of phosphoric ester groups is 1. The smallest absolute Gasteiger partial charge is 0.790 e. The summed E-state index contributed by atoms with van der Waals surface area (Å²) in [5.74, 6) is 13.7. The Kier molecular flexibility index (Phi) is 33.9. The zero-order valence-electron chi connectivity index (χ0n) is 21.6. The zero-order valence-corrected chi connectivity index (χ0v) is 26.5. The van der Waals surface area contributed by atoms with Crippen LogP contribution in [0.5, 0.6) is 0 Å². The molecule has 1 atom stereocenters. The molecule has 0 fully saturated rings. The van der Waals surface area contributed by atoms with Gasteiger partial charge in [0.1, 0.15) is 6.61 Å². The standard InChI is InChI=1S/C24H31O8P.H3N.2Na.7H2/c1-3-5-7-9-11-12-13-15-17-19-24(26)32-22(21-31-33(27,28)29)20-30-23(25)18-16-14-10-8-6-4-2;;;;;;;;;;/h2,22H,3,5,7,9,11-13,15,17,19-21H2,1H3,(H2,27,28,29);1H3;;;7*1H/q;;2*+1;;;;;;;/p-2/t22-;;;;;;;;;;/m1........../s1. The Bertz CT molecular complexity index is 909. The third-order valence-corrected chi connectivity index (χ3v) is 4.55. The van der Waals surface area contributed by atoms with Crippen molar-refractivity contribution in [3.63, 3.8) is 0 Å². The fourth-order valence-corrected chi connectivity index (χ4v) is 2.88. The third kappa shape index (κ3) is 31.3. The molecule has 0 aromatic carbocycles. The average Bonchev–Trinajstić information content (AvgIpc) is 2.76. The first-order valence-electron chi connectivity index (χ1n) is 10.8. The van der Waals surface area contributed by atoms with E-state index in [4.69, 9.17) is 15.9 Å². The minimum Gasteiger partial charge on any atom is -0.790 e. The Labute approximate surface area is 269 Å². The topological polar surface area (TPSA) is 160 Å². The van der Waals surface area contributed by atoms with Crippen LogP contribution in [-0.2, 0) is 28.2 Å². The van der Waals surface area contributed by atoms with Crippen LogP contribution in [0, 0.1) is 47.9 Å². The summed E-state index contributed by atoms with van der Waals surface area (Å²) in [5, 5.41) is 0. The number of carbonyl (C=O) groups is 2. The summed E-state index contributed by atoms with van der Waals surface area (Å²) in [6.07, 6.45) is 13.4. The van der Waals surface area contributed by atoms with E-state index >= 15 is 0 Å². The molecule has 9 nitrogen and oxygen atoms in total. The van der Waals surface area contributed by atoms with Gasteiger partial charge in [0.2, 0.25) is 0 Å². The molecule has 0 spiro atoms. The van der Waals surface area contributed by atoms with Crippen molar-refractivity contribution in [2.45, 2.75) is 77.2 Å². The SMILES string of the molecule is C#CC#CC#CC#CC(=O)OC[C@H](COP(=O)([O-])[O-])OC(=O)CCCCCCCCCCC.N.[HH].[HH].[HH].[HH].[HH].[HH].[HH].[Na+].[Na+]. The van der Waals surface area contributed by atoms with Crippen LogP contribution < -0.4 is 75.1 Å². The third-order valence-electron chi connectivity index (χ3n) is 4.09. The maximum Gasteiger partial charge on any atom is 1.00 e. The molecule has 0 aliphatic carbocycles. The van der Waals surface area contributed by atoms with Crippen LogP contribution in [0.3, 0.4) is 0 Å². The molecule has 0 aromatic rings. The average molecular weight is 554 g/mol. The van der Waals surface area contributed by atoms with E-state index < -0.39 is 39.1 Å². The zero-order chi connectivity index (χ0) is 24.8. The van der Waals surface area contributed by atoms with Crippen molar-refractivity contribution in [1.29, 1.82) is 0 Å². The van der Waals surface area contributed by atoms with Crippen molar-refractivity contribution in [3.8, 4) is 47.9 Å². The normalized spacial score (nSPS) is 9.83. The summed E-state index contributed by atoms with van der Waals surface area (Å²) in [6, 6.07) is 0. The van der Waals surface area contributed by atoms with Gasteiger partial charge in [-0.3, -0.25) is 4.79 Å². The molecule has 0 aliphatic rings. The summed E-state index contributed by atoms with van der Waals surface area (Å²) in [4.78, 5) is 45.0. The van der Waals surface area contributed by atoms with Gasteiger partial charge < -0.3 is 34.5 Å². The molecule has 0 aliphatic heterocycles. The Morgan fingerprint density at radius 2 is 1.42 bits per heavy atom. The number of esters is 2. The Balaban J connectivity index is -0.000000114. The van der Waals surface area contributed by atoms with Crippen molar-refractivity contribution < 1.29 is 107 Å². The van der Waals surface area contributed by atoms with E-state index in [0.717, 1.165) is 19.3 Å². The Morgan fingerprint density at radius 3 is 1.97 bits per heavy atom. The molecule has 12 heteroatoms. The van der Waals surface area contributed by atoms with Gasteiger partial charge in [-0.15, -0.1) is 6.42 Å². The second kappa shape index (κ2) is 28.8. The van der Waals surface area contributed by atoms with Gasteiger partial charge in [-0.2, -0.15) is 0 Å². The van der Waals surface area contributed by atoms with Crippen LogP contribution >= 0.6 is 7.82 Å². The number of hydrogen-bond donors (Lipinski definition) is 1. The van der Waals surface area contributed by atoms with Crippen LogP contribution in [0.2, 0.25) is 0 Å². The molecule has 0 amide bonds. The number of hydrogen-bond acceptors (Lipinski definition) is 9. The number of ether oxygens (including phenoxy) is 2. The van der Waals surface area contributed by atoms with Gasteiger partial charge in [0.05, 0.1) is 14.4 Å². The molecule has 0 unspecified atom stereocenters. The van der Waals surface area contributed by atoms with E-state index in [1.807, 2.05) is 11.8 Å². The summed E-state index contributed by atoms with van der Waals surface area (Å²) < 4.78 is 24.7. The minimum absolute atomic E-state index is 0. The molecule has 0 radical (unpaired) electrons. The van der Waals surface area contributed by atoms with E-state index in [-0.39, 0.29) is 81.7 Å². The molecule has 0 saturated carbocycles. The van der Waals surface area contributed by atoms with Gasteiger partial charge in [0, 0.05) is 22.3 Å². The van der Waals surface area contributed by atoms with Gasteiger partial charge in [-0.25, -0.2) is 4.79 Å². The maximum atomic E-state index is 12.0. The minimum atomic E-state index is -5.29. The van der Waals surface area contributed by atoms with E-state index in [9.17, 15) is 23.9 Å². The number of carbonyl (C=O) groups excluding carboxylic acids is 2. The Morgan fingerprint density at radius 1 is 0.889 bits per heavy atom. The number of unbranched alkanes of at least 4 members (excludes halogenated alkanes) is 8. The summed E-state index contributed by atoms with van der Waals surface area (Å²) in [6.45, 7) is 0.863. The number of rotatable bonds is 16. The van der Waals surface area contributed by atoms with E-state index in [1.54, 1.807) is 0 Å². The van der Waals surface area contributed by atoms with E-state index in [0.29, 0.717) is 6.42 Å². The van der Waals surface area contributed by atoms with Gasteiger partial charge in [0.25, 0.3) is 0 Å². The molecular formula is C24H46NNa2O8P. The van der Waals surface area contributed by atoms with Gasteiger partial charge in [0.15, 0.2) is 6.10 Å². The molecule has 0 saturated heterocycles. The van der Waals surface area contributed by atoms with Crippen LogP contribution in [0.15, 0.2) is 0 Å². The molecule has 36 heavy (non-hydrogen) atoms. The van der Waals surface area contributed by atoms with E-state index in [1.165, 1.54) is 32.1 Å². The predicted octanol–water partition coefficient (Wildman–Crippen LogP) is -2.26. The molecule has 0 aromatic heterocycles. The molecule has 0 bridgehead atoms. The molecule has 0 heterocycles.